The molecule has 0 radical (unpaired) electrons. The zero-order chi connectivity index (χ0) is 21.4. The van der Waals surface area contributed by atoms with Crippen molar-refractivity contribution in [2.24, 2.45) is 5.92 Å². The molecular formula is C22H30N2O3S2. The number of sulfonamides is 1. The average molecular weight is 435 g/mol. The maximum absolute atomic E-state index is 12.7. The molecule has 1 N–H and O–H groups in total. The standard InChI is InChI=1S/C22H30N2O3S2/c1-17(2)9-7-8-16-28-19-14-12-18(13-15-19)23-22(25)20-10-5-6-11-21(20)24(3)29(4,26)27/h5-6,10-15,17H,7-9,16H2,1-4H3,(H,23,25). The summed E-state index contributed by atoms with van der Waals surface area (Å²) in [6.45, 7) is 4.50. The highest BCUT2D eigenvalue weighted by molar-refractivity contribution is 7.99. The predicted molar refractivity (Wildman–Crippen MR) is 123 cm³/mol. The maximum Gasteiger partial charge on any atom is 0.257 e. The van der Waals surface area contributed by atoms with Gasteiger partial charge in [-0.3, -0.25) is 9.10 Å². The van der Waals surface area contributed by atoms with E-state index in [1.165, 1.54) is 31.2 Å². The van der Waals surface area contributed by atoms with Gasteiger partial charge in [0.15, 0.2) is 0 Å². The number of anilines is 2. The number of thioether (sulfide) groups is 1. The number of rotatable bonds is 10. The molecular weight excluding hydrogens is 404 g/mol. The van der Waals surface area contributed by atoms with Crippen molar-refractivity contribution in [3.05, 3.63) is 54.1 Å². The molecule has 7 heteroatoms. The van der Waals surface area contributed by atoms with Crippen molar-refractivity contribution in [3.8, 4) is 0 Å². The fourth-order valence-corrected chi connectivity index (χ4v) is 4.23. The zero-order valence-electron chi connectivity index (χ0n) is 17.5. The van der Waals surface area contributed by atoms with E-state index in [-0.39, 0.29) is 5.91 Å². The van der Waals surface area contributed by atoms with Crippen molar-refractivity contribution in [1.82, 2.24) is 0 Å². The van der Waals surface area contributed by atoms with E-state index in [4.69, 9.17) is 0 Å². The Labute approximate surface area is 178 Å². The fourth-order valence-electron chi connectivity index (χ4n) is 2.80. The van der Waals surface area contributed by atoms with E-state index < -0.39 is 10.0 Å². The molecule has 0 aliphatic rings. The molecule has 0 aromatic heterocycles. The minimum atomic E-state index is -3.46. The van der Waals surface area contributed by atoms with Gasteiger partial charge in [0, 0.05) is 17.6 Å². The molecule has 2 rings (SSSR count). The molecule has 158 valence electrons. The first kappa shape index (κ1) is 23.3. The van der Waals surface area contributed by atoms with E-state index >= 15 is 0 Å². The first-order chi connectivity index (χ1) is 13.7. The van der Waals surface area contributed by atoms with Gasteiger partial charge in [-0.05, 0) is 54.5 Å². The average Bonchev–Trinajstić information content (AvgIpc) is 2.67. The van der Waals surface area contributed by atoms with E-state index in [1.54, 1.807) is 24.3 Å². The first-order valence-electron chi connectivity index (χ1n) is 9.75. The number of benzene rings is 2. The third-order valence-corrected chi connectivity index (χ3v) is 6.83. The molecule has 0 aliphatic heterocycles. The Hall–Kier alpha value is -1.99. The number of nitrogens with zero attached hydrogens (tertiary/aromatic N) is 1. The second-order valence-corrected chi connectivity index (χ2v) is 10.6. The van der Waals surface area contributed by atoms with Gasteiger partial charge in [0.1, 0.15) is 0 Å². The number of carbonyl (C=O) groups is 1. The van der Waals surface area contributed by atoms with Gasteiger partial charge in [0.05, 0.1) is 17.5 Å². The minimum absolute atomic E-state index is 0.309. The number of amides is 1. The van der Waals surface area contributed by atoms with E-state index in [1.807, 2.05) is 36.0 Å². The van der Waals surface area contributed by atoms with Crippen molar-refractivity contribution in [2.45, 2.75) is 38.0 Å². The van der Waals surface area contributed by atoms with E-state index in [2.05, 4.69) is 19.2 Å². The summed E-state index contributed by atoms with van der Waals surface area (Å²) in [5, 5.41) is 2.85. The molecule has 0 bridgehead atoms. The lowest BCUT2D eigenvalue weighted by Crippen LogP contribution is -2.27. The summed E-state index contributed by atoms with van der Waals surface area (Å²) in [5.74, 6) is 1.50. The van der Waals surface area contributed by atoms with Crippen molar-refractivity contribution in [1.29, 1.82) is 0 Å². The van der Waals surface area contributed by atoms with Gasteiger partial charge in [-0.1, -0.05) is 38.8 Å². The van der Waals surface area contributed by atoms with Crippen molar-refractivity contribution >= 4 is 39.1 Å². The van der Waals surface area contributed by atoms with E-state index in [0.29, 0.717) is 16.9 Å². The molecule has 5 nitrogen and oxygen atoms in total. The quantitative estimate of drug-likeness (QED) is 0.409. The van der Waals surface area contributed by atoms with Crippen LogP contribution in [0.25, 0.3) is 0 Å². The van der Waals surface area contributed by atoms with Crippen molar-refractivity contribution in [3.63, 3.8) is 0 Å². The molecule has 2 aromatic carbocycles. The van der Waals surface area contributed by atoms with Crippen LogP contribution in [0.3, 0.4) is 0 Å². The lowest BCUT2D eigenvalue weighted by atomic mass is 10.1. The fraction of sp³-hybridized carbons (Fsp3) is 0.409. The molecule has 0 unspecified atom stereocenters. The molecule has 0 aliphatic carbocycles. The van der Waals surface area contributed by atoms with Crippen LogP contribution >= 0.6 is 11.8 Å². The summed E-state index contributed by atoms with van der Waals surface area (Å²) in [4.78, 5) is 13.9. The number of unbranched alkanes of at least 4 members (excludes halogenated alkanes) is 1. The minimum Gasteiger partial charge on any atom is -0.322 e. The summed E-state index contributed by atoms with van der Waals surface area (Å²) in [7, 11) is -2.02. The number of para-hydroxylation sites is 1. The second kappa shape index (κ2) is 10.7. The summed E-state index contributed by atoms with van der Waals surface area (Å²) in [6.07, 6.45) is 4.83. The van der Waals surface area contributed by atoms with Crippen LogP contribution in [-0.2, 0) is 10.0 Å². The third-order valence-electron chi connectivity index (χ3n) is 4.54. The van der Waals surface area contributed by atoms with Crippen LogP contribution in [0.2, 0.25) is 0 Å². The Morgan fingerprint density at radius 1 is 1.07 bits per heavy atom. The monoisotopic (exact) mass is 434 g/mol. The van der Waals surface area contributed by atoms with Crippen molar-refractivity contribution in [2.75, 3.05) is 28.7 Å². The van der Waals surface area contributed by atoms with Crippen molar-refractivity contribution < 1.29 is 13.2 Å². The highest BCUT2D eigenvalue weighted by atomic mass is 32.2. The van der Waals surface area contributed by atoms with Crippen LogP contribution in [0.1, 0.15) is 43.5 Å². The highest BCUT2D eigenvalue weighted by Crippen LogP contribution is 2.25. The lowest BCUT2D eigenvalue weighted by Gasteiger charge is -2.19. The molecule has 0 fully saturated rings. The Balaban J connectivity index is 1.98. The molecule has 0 spiro atoms. The Morgan fingerprint density at radius 3 is 2.34 bits per heavy atom. The number of hydrogen-bond donors (Lipinski definition) is 1. The molecule has 0 heterocycles. The molecule has 1 amide bonds. The molecule has 0 saturated heterocycles. The Kier molecular flexibility index (Phi) is 8.59. The van der Waals surface area contributed by atoms with Gasteiger partial charge >= 0.3 is 0 Å². The highest BCUT2D eigenvalue weighted by Gasteiger charge is 2.19. The summed E-state index contributed by atoms with van der Waals surface area (Å²) in [6, 6.07) is 14.4. The van der Waals surface area contributed by atoms with Gasteiger partial charge in [0.25, 0.3) is 5.91 Å². The number of nitrogens with one attached hydrogen (secondary N) is 1. The van der Waals surface area contributed by atoms with Crippen LogP contribution in [0.4, 0.5) is 11.4 Å². The first-order valence-corrected chi connectivity index (χ1v) is 12.6. The molecule has 0 saturated carbocycles. The van der Waals surface area contributed by atoms with Gasteiger partial charge in [-0.25, -0.2) is 8.42 Å². The van der Waals surface area contributed by atoms with Crippen LogP contribution in [-0.4, -0.2) is 33.4 Å². The topological polar surface area (TPSA) is 66.5 Å². The number of hydrogen-bond acceptors (Lipinski definition) is 4. The maximum atomic E-state index is 12.7. The summed E-state index contributed by atoms with van der Waals surface area (Å²) in [5.41, 5.74) is 1.33. The van der Waals surface area contributed by atoms with Gasteiger partial charge < -0.3 is 5.32 Å². The van der Waals surface area contributed by atoms with Gasteiger partial charge in [0.2, 0.25) is 10.0 Å². The predicted octanol–water partition coefficient (Wildman–Crippen LogP) is 5.25. The van der Waals surface area contributed by atoms with Gasteiger partial charge in [-0.15, -0.1) is 11.8 Å². The molecule has 29 heavy (non-hydrogen) atoms. The third kappa shape index (κ3) is 7.40. The number of carbonyl (C=O) groups excluding carboxylic acids is 1. The van der Waals surface area contributed by atoms with Crippen LogP contribution in [0.15, 0.2) is 53.4 Å². The zero-order valence-corrected chi connectivity index (χ0v) is 19.1. The van der Waals surface area contributed by atoms with Crippen LogP contribution in [0.5, 0.6) is 0 Å². The normalized spacial score (nSPS) is 11.5. The van der Waals surface area contributed by atoms with Crippen LogP contribution in [0, 0.1) is 5.92 Å². The van der Waals surface area contributed by atoms with E-state index in [0.717, 1.165) is 22.2 Å². The molecule has 2 aromatic rings. The van der Waals surface area contributed by atoms with Gasteiger partial charge in [-0.2, -0.15) is 0 Å². The largest absolute Gasteiger partial charge is 0.322 e. The Morgan fingerprint density at radius 2 is 1.72 bits per heavy atom. The Bertz CT molecular complexity index is 910. The SMILES string of the molecule is CC(C)CCCCSc1ccc(NC(=O)c2ccccc2N(C)S(C)(=O)=O)cc1. The second-order valence-electron chi connectivity index (χ2n) is 7.46. The van der Waals surface area contributed by atoms with E-state index in [9.17, 15) is 13.2 Å². The summed E-state index contributed by atoms with van der Waals surface area (Å²) < 4.78 is 24.8. The smallest absolute Gasteiger partial charge is 0.257 e. The summed E-state index contributed by atoms with van der Waals surface area (Å²) >= 11 is 1.82. The van der Waals surface area contributed by atoms with Crippen LogP contribution < -0.4 is 9.62 Å². The molecule has 0 atom stereocenters. The lowest BCUT2D eigenvalue weighted by molar-refractivity contribution is 0.102.